The van der Waals surface area contributed by atoms with E-state index in [2.05, 4.69) is 18.3 Å². The summed E-state index contributed by atoms with van der Waals surface area (Å²) in [4.78, 5) is 11.4. The Hall–Kier alpha value is -0.870. The predicted molar refractivity (Wildman–Crippen MR) is 69.0 cm³/mol. The van der Waals surface area contributed by atoms with Crippen LogP contribution in [0.15, 0.2) is 11.6 Å². The number of ether oxygens (including phenoxy) is 1. The molecule has 18 heavy (non-hydrogen) atoms. The molecule has 0 saturated carbocycles. The molecule has 2 N–H and O–H groups in total. The molecule has 1 heterocycles. The zero-order valence-electron chi connectivity index (χ0n) is 11.6. The van der Waals surface area contributed by atoms with Crippen molar-refractivity contribution < 1.29 is 14.6 Å². The molecule has 4 heteroatoms. The van der Waals surface area contributed by atoms with Gasteiger partial charge in [-0.3, -0.25) is 4.79 Å². The van der Waals surface area contributed by atoms with Gasteiger partial charge in [0.1, 0.15) is 6.10 Å². The Labute approximate surface area is 108 Å². The van der Waals surface area contributed by atoms with E-state index in [0.29, 0.717) is 0 Å². The van der Waals surface area contributed by atoms with Gasteiger partial charge in [-0.2, -0.15) is 0 Å². The Balaban J connectivity index is 2.29. The van der Waals surface area contributed by atoms with Crippen LogP contribution in [0.1, 0.15) is 40.5 Å². The Morgan fingerprint density at radius 2 is 2.28 bits per heavy atom. The molecule has 102 valence electrons. The third kappa shape index (κ3) is 2.31. The van der Waals surface area contributed by atoms with Crippen LogP contribution in [0, 0.1) is 5.92 Å². The SMILES string of the molecule is CC(=O)N[C@]1(C)C[C@@H](C)O[C@H]2[C@H](O)C(C)=CC[C@H]21. The second kappa shape index (κ2) is 4.67. The zero-order valence-corrected chi connectivity index (χ0v) is 11.6. The number of amides is 1. The van der Waals surface area contributed by atoms with Crippen LogP contribution < -0.4 is 5.32 Å². The van der Waals surface area contributed by atoms with Crippen molar-refractivity contribution in [2.75, 3.05) is 0 Å². The maximum atomic E-state index is 11.4. The summed E-state index contributed by atoms with van der Waals surface area (Å²) in [6.45, 7) is 7.53. The Bertz CT molecular complexity index is 379. The van der Waals surface area contributed by atoms with E-state index in [1.54, 1.807) is 6.92 Å². The average Bonchev–Trinajstić information content (AvgIpc) is 2.22. The van der Waals surface area contributed by atoms with Gasteiger partial charge in [-0.15, -0.1) is 0 Å². The van der Waals surface area contributed by atoms with Crippen molar-refractivity contribution >= 4 is 5.91 Å². The number of rotatable bonds is 1. The third-order valence-corrected chi connectivity index (χ3v) is 4.25. The van der Waals surface area contributed by atoms with E-state index in [9.17, 15) is 9.90 Å². The van der Waals surface area contributed by atoms with E-state index < -0.39 is 6.10 Å². The summed E-state index contributed by atoms with van der Waals surface area (Å²) < 4.78 is 5.91. The van der Waals surface area contributed by atoms with Gasteiger partial charge < -0.3 is 15.2 Å². The number of hydrogen-bond donors (Lipinski definition) is 2. The largest absolute Gasteiger partial charge is 0.386 e. The van der Waals surface area contributed by atoms with Crippen LogP contribution in [-0.2, 0) is 9.53 Å². The Kier molecular flexibility index (Phi) is 3.52. The van der Waals surface area contributed by atoms with Crippen molar-refractivity contribution in [3.8, 4) is 0 Å². The monoisotopic (exact) mass is 253 g/mol. The number of aliphatic hydroxyl groups excluding tert-OH is 1. The van der Waals surface area contributed by atoms with Crippen LogP contribution in [0.5, 0.6) is 0 Å². The van der Waals surface area contributed by atoms with E-state index in [0.717, 1.165) is 18.4 Å². The van der Waals surface area contributed by atoms with E-state index in [1.165, 1.54) is 0 Å². The first-order chi connectivity index (χ1) is 8.33. The molecule has 0 aromatic heterocycles. The molecule has 1 aliphatic carbocycles. The van der Waals surface area contributed by atoms with Gasteiger partial charge in [0.15, 0.2) is 0 Å². The quantitative estimate of drug-likeness (QED) is 0.694. The van der Waals surface area contributed by atoms with Gasteiger partial charge in [0.05, 0.1) is 12.2 Å². The molecule has 1 fully saturated rings. The highest BCUT2D eigenvalue weighted by molar-refractivity contribution is 5.73. The molecule has 1 aliphatic heterocycles. The van der Waals surface area contributed by atoms with Crippen LogP contribution in [0.4, 0.5) is 0 Å². The Morgan fingerprint density at radius 1 is 1.61 bits per heavy atom. The van der Waals surface area contributed by atoms with Gasteiger partial charge in [-0.1, -0.05) is 6.08 Å². The topological polar surface area (TPSA) is 58.6 Å². The second-order valence-electron chi connectivity index (χ2n) is 5.95. The number of allylic oxidation sites excluding steroid dienone is 1. The number of carbonyl (C=O) groups is 1. The molecular formula is C14H23NO3. The van der Waals surface area contributed by atoms with Crippen molar-refractivity contribution in [1.82, 2.24) is 5.32 Å². The molecule has 5 atom stereocenters. The second-order valence-corrected chi connectivity index (χ2v) is 5.95. The smallest absolute Gasteiger partial charge is 0.217 e. The normalized spacial score (nSPS) is 43.9. The molecule has 0 bridgehead atoms. The lowest BCUT2D eigenvalue weighted by atomic mass is 9.69. The molecule has 2 aliphatic rings. The molecule has 0 aromatic rings. The van der Waals surface area contributed by atoms with Crippen molar-refractivity contribution in [3.05, 3.63) is 11.6 Å². The van der Waals surface area contributed by atoms with E-state index >= 15 is 0 Å². The van der Waals surface area contributed by atoms with Gasteiger partial charge >= 0.3 is 0 Å². The van der Waals surface area contributed by atoms with Gasteiger partial charge in [-0.25, -0.2) is 0 Å². The minimum Gasteiger partial charge on any atom is -0.386 e. The van der Waals surface area contributed by atoms with E-state index in [-0.39, 0.29) is 29.6 Å². The van der Waals surface area contributed by atoms with Crippen molar-refractivity contribution in [1.29, 1.82) is 0 Å². The first-order valence-corrected chi connectivity index (χ1v) is 6.62. The summed E-state index contributed by atoms with van der Waals surface area (Å²) in [6.07, 6.45) is 2.97. The fourth-order valence-electron chi connectivity index (χ4n) is 3.45. The fraction of sp³-hybridized carbons (Fsp3) is 0.786. The molecular weight excluding hydrogens is 230 g/mol. The molecule has 0 unspecified atom stereocenters. The van der Waals surface area contributed by atoms with Crippen LogP contribution in [0.2, 0.25) is 0 Å². The molecule has 1 saturated heterocycles. The van der Waals surface area contributed by atoms with Crippen LogP contribution in [-0.4, -0.2) is 34.9 Å². The van der Waals surface area contributed by atoms with Gasteiger partial charge in [-0.05, 0) is 39.2 Å². The van der Waals surface area contributed by atoms with Crippen LogP contribution in [0.25, 0.3) is 0 Å². The molecule has 4 nitrogen and oxygen atoms in total. The first kappa shape index (κ1) is 13.6. The minimum absolute atomic E-state index is 0.0221. The van der Waals surface area contributed by atoms with Crippen molar-refractivity contribution in [2.24, 2.45) is 5.92 Å². The highest BCUT2D eigenvalue weighted by Gasteiger charge is 2.49. The fourth-order valence-corrected chi connectivity index (χ4v) is 3.45. The maximum Gasteiger partial charge on any atom is 0.217 e. The number of nitrogens with one attached hydrogen (secondary N) is 1. The van der Waals surface area contributed by atoms with Gasteiger partial charge in [0.2, 0.25) is 5.91 Å². The van der Waals surface area contributed by atoms with Crippen molar-refractivity contribution in [2.45, 2.75) is 64.4 Å². The van der Waals surface area contributed by atoms with E-state index in [4.69, 9.17) is 4.74 Å². The summed E-state index contributed by atoms with van der Waals surface area (Å²) in [5, 5.41) is 13.3. The summed E-state index contributed by atoms with van der Waals surface area (Å²) in [5.41, 5.74) is 0.669. The molecule has 2 rings (SSSR count). The lowest BCUT2D eigenvalue weighted by Gasteiger charge is -2.51. The van der Waals surface area contributed by atoms with Crippen LogP contribution >= 0.6 is 0 Å². The summed E-state index contributed by atoms with van der Waals surface area (Å²) in [7, 11) is 0. The zero-order chi connectivity index (χ0) is 13.5. The number of fused-ring (bicyclic) bond motifs is 1. The standard InChI is InChI=1S/C14H23NO3/c1-8-5-6-11-13(12(8)17)18-9(2)7-14(11,4)15-10(3)16/h5,9,11-13,17H,6-7H2,1-4H3,(H,15,16)/t9-,11-,12-,13-,14-/m1/s1. The Morgan fingerprint density at radius 3 is 2.89 bits per heavy atom. The summed E-state index contributed by atoms with van der Waals surface area (Å²) in [5.74, 6) is 0.113. The average molecular weight is 253 g/mol. The lowest BCUT2D eigenvalue weighted by Crippen LogP contribution is -2.63. The number of carbonyl (C=O) groups excluding carboxylic acids is 1. The summed E-state index contributed by atoms with van der Waals surface area (Å²) >= 11 is 0. The molecule has 0 spiro atoms. The summed E-state index contributed by atoms with van der Waals surface area (Å²) in [6, 6.07) is 0. The van der Waals surface area contributed by atoms with Crippen molar-refractivity contribution in [3.63, 3.8) is 0 Å². The molecule has 1 amide bonds. The van der Waals surface area contributed by atoms with E-state index in [1.807, 2.05) is 13.8 Å². The predicted octanol–water partition coefficient (Wildman–Crippen LogP) is 1.39. The number of hydrogen-bond acceptors (Lipinski definition) is 3. The first-order valence-electron chi connectivity index (χ1n) is 6.62. The third-order valence-electron chi connectivity index (χ3n) is 4.25. The van der Waals surface area contributed by atoms with Gasteiger partial charge in [0.25, 0.3) is 0 Å². The highest BCUT2D eigenvalue weighted by Crippen LogP contribution is 2.41. The molecule has 0 aromatic carbocycles. The van der Waals surface area contributed by atoms with Crippen LogP contribution in [0.3, 0.4) is 0 Å². The molecule has 0 radical (unpaired) electrons. The lowest BCUT2D eigenvalue weighted by molar-refractivity contribution is -0.158. The highest BCUT2D eigenvalue weighted by atomic mass is 16.5. The maximum absolute atomic E-state index is 11.4. The van der Waals surface area contributed by atoms with Gasteiger partial charge in [0, 0.05) is 18.4 Å². The number of aliphatic hydroxyl groups is 1. The minimum atomic E-state index is -0.556.